The van der Waals surface area contributed by atoms with Crippen LogP contribution >= 0.6 is 0 Å². The fraction of sp³-hybridized carbons (Fsp3) is 0.500. The molecule has 2 N–H and O–H groups in total. The summed E-state index contributed by atoms with van der Waals surface area (Å²) in [5.41, 5.74) is 3.07. The van der Waals surface area contributed by atoms with Gasteiger partial charge in [-0.2, -0.15) is 0 Å². The molecule has 9 nitrogen and oxygen atoms in total. The summed E-state index contributed by atoms with van der Waals surface area (Å²) in [5.74, 6) is -2.71. The van der Waals surface area contributed by atoms with Crippen molar-refractivity contribution in [1.29, 1.82) is 0 Å². The van der Waals surface area contributed by atoms with E-state index in [0.29, 0.717) is 32.0 Å². The number of hydrogen-bond acceptors (Lipinski definition) is 6. The lowest BCUT2D eigenvalue weighted by Crippen LogP contribution is -2.71. The second-order valence-electron chi connectivity index (χ2n) is 13.5. The van der Waals surface area contributed by atoms with Gasteiger partial charge in [0.1, 0.15) is 17.9 Å². The maximum atomic E-state index is 14.3. The highest BCUT2D eigenvalue weighted by Gasteiger charge is 2.69. The predicted molar refractivity (Wildman–Crippen MR) is 159 cm³/mol. The van der Waals surface area contributed by atoms with E-state index < -0.39 is 29.5 Å². The third-order valence-corrected chi connectivity index (χ3v) is 10.9. The highest BCUT2D eigenvalue weighted by molar-refractivity contribution is 5.98. The molecule has 4 saturated heterocycles. The molecule has 5 aliphatic rings. The smallest absolute Gasteiger partial charge is 0.274 e. The molecule has 1 aromatic heterocycles. The van der Waals surface area contributed by atoms with E-state index in [2.05, 4.69) is 41.3 Å². The Kier molecular flexibility index (Phi) is 5.97. The Labute approximate surface area is 250 Å². The summed E-state index contributed by atoms with van der Waals surface area (Å²) in [4.78, 5) is 50.7. The molecule has 4 aliphatic heterocycles. The summed E-state index contributed by atoms with van der Waals surface area (Å²) in [6.45, 7) is 2.75. The number of nitrogens with one attached hydrogen (secondary N) is 1. The van der Waals surface area contributed by atoms with Gasteiger partial charge in [-0.05, 0) is 62.4 Å². The van der Waals surface area contributed by atoms with Crippen LogP contribution in [0.5, 0.6) is 0 Å². The van der Waals surface area contributed by atoms with Crippen molar-refractivity contribution in [1.82, 2.24) is 19.7 Å². The van der Waals surface area contributed by atoms with Crippen molar-refractivity contribution in [3.8, 4) is 0 Å². The number of carbonyl (C=O) groups is 3. The number of nitrogens with zero attached hydrogens (tertiary/aromatic N) is 3. The van der Waals surface area contributed by atoms with E-state index in [4.69, 9.17) is 4.74 Å². The maximum absolute atomic E-state index is 14.3. The number of likely N-dealkylation sites (N-methyl/N-ethyl adjacent to an activating group) is 1. The van der Waals surface area contributed by atoms with E-state index in [1.807, 2.05) is 30.3 Å². The zero-order chi connectivity index (χ0) is 29.7. The van der Waals surface area contributed by atoms with Gasteiger partial charge in [-0.3, -0.25) is 19.3 Å². The number of fused-ring (bicyclic) bond motifs is 5. The van der Waals surface area contributed by atoms with Gasteiger partial charge >= 0.3 is 0 Å². The Morgan fingerprint density at radius 2 is 1.95 bits per heavy atom. The van der Waals surface area contributed by atoms with E-state index in [1.165, 1.54) is 21.4 Å². The Balaban J connectivity index is 1.08. The second kappa shape index (κ2) is 9.48. The van der Waals surface area contributed by atoms with Gasteiger partial charge in [-0.25, -0.2) is 0 Å². The Morgan fingerprint density at radius 3 is 2.77 bits per heavy atom. The lowest BCUT2D eigenvalue weighted by Gasteiger charge is -2.49. The zero-order valence-corrected chi connectivity index (χ0v) is 24.7. The van der Waals surface area contributed by atoms with E-state index in [1.54, 1.807) is 11.8 Å². The molecule has 0 radical (unpaired) electrons. The van der Waals surface area contributed by atoms with Crippen LogP contribution in [0.3, 0.4) is 0 Å². The topological polar surface area (TPSA) is 106 Å². The number of hydrogen-bond donors (Lipinski definition) is 2. The molecule has 0 bridgehead atoms. The summed E-state index contributed by atoms with van der Waals surface area (Å²) < 4.78 is 6.36. The maximum Gasteiger partial charge on any atom is 0.274 e. The minimum absolute atomic E-state index is 0.0362. The van der Waals surface area contributed by atoms with Gasteiger partial charge < -0.3 is 24.6 Å². The standard InChI is InChI=1S/C34H38N4O5/c1-33(17-28(39)22-15-24-23-10-6-11-25-30(23)21(18-35-25)16-26(24)36(2)19-22)32(41)38-27(14-20-8-4-3-5-9-20)31(40)37-13-7-12-29(37)34(38,42)43-33/h3-6,8-11,18,22,24,26-27,29,35,42H,7,12-17,19H2,1-2H3/t22-,24-,26-,27+,29+,33+,34+/m1/s1. The molecule has 5 heterocycles. The molecular weight excluding hydrogens is 544 g/mol. The Bertz CT molecular complexity index is 1640. The molecule has 2 amide bonds. The number of rotatable bonds is 5. The number of benzene rings is 2. The SMILES string of the molecule is CN1C[C@H](C(=O)C[C@]2(C)O[C@@]3(O)[C@@H]4CCCN4C(=O)[C@H](Cc4ccccc4)N3C2=O)C[C@@H]2c3cccc4[nH]cc(c34)C[C@H]21. The van der Waals surface area contributed by atoms with Gasteiger partial charge in [-0.1, -0.05) is 42.5 Å². The molecule has 8 rings (SSSR count). The first-order valence-electron chi connectivity index (χ1n) is 15.6. The summed E-state index contributed by atoms with van der Waals surface area (Å²) in [7, 11) is 2.09. The summed E-state index contributed by atoms with van der Waals surface area (Å²) >= 11 is 0. The van der Waals surface area contributed by atoms with E-state index >= 15 is 0 Å². The summed E-state index contributed by atoms with van der Waals surface area (Å²) in [5, 5.41) is 13.4. The number of aromatic nitrogens is 1. The molecule has 7 atom stereocenters. The van der Waals surface area contributed by atoms with Crippen LogP contribution in [0.25, 0.3) is 10.9 Å². The number of likely N-dealkylation sites (tertiary alicyclic amines) is 1. The van der Waals surface area contributed by atoms with Gasteiger partial charge in [0.15, 0.2) is 5.60 Å². The van der Waals surface area contributed by atoms with Gasteiger partial charge in [0.05, 0.1) is 0 Å². The van der Waals surface area contributed by atoms with E-state index in [0.717, 1.165) is 23.9 Å². The van der Waals surface area contributed by atoms with Crippen molar-refractivity contribution in [2.45, 2.75) is 81.0 Å². The minimum Gasteiger partial charge on any atom is -0.361 e. The summed E-state index contributed by atoms with van der Waals surface area (Å²) in [6, 6.07) is 14.7. The first-order valence-corrected chi connectivity index (χ1v) is 15.6. The molecule has 43 heavy (non-hydrogen) atoms. The van der Waals surface area contributed by atoms with Gasteiger partial charge in [0.25, 0.3) is 11.8 Å². The first-order chi connectivity index (χ1) is 20.7. The fourth-order valence-electron chi connectivity index (χ4n) is 8.92. The monoisotopic (exact) mass is 582 g/mol. The molecule has 2 aromatic carbocycles. The number of piperazine rings is 1. The second-order valence-corrected chi connectivity index (χ2v) is 13.5. The largest absolute Gasteiger partial charge is 0.361 e. The van der Waals surface area contributed by atoms with Gasteiger partial charge in [0, 0.05) is 60.9 Å². The van der Waals surface area contributed by atoms with Crippen LogP contribution in [0.2, 0.25) is 0 Å². The lowest BCUT2D eigenvalue weighted by molar-refractivity contribution is -0.312. The minimum atomic E-state index is -1.96. The number of amides is 2. The molecule has 0 spiro atoms. The molecule has 1 aliphatic carbocycles. The average molecular weight is 583 g/mol. The zero-order valence-electron chi connectivity index (χ0n) is 24.7. The van der Waals surface area contributed by atoms with E-state index in [-0.39, 0.29) is 36.4 Å². The predicted octanol–water partition coefficient (Wildman–Crippen LogP) is 2.97. The molecule has 3 aromatic rings. The van der Waals surface area contributed by atoms with Crippen LogP contribution in [0.1, 0.15) is 55.2 Å². The van der Waals surface area contributed by atoms with Crippen molar-refractivity contribution >= 4 is 28.5 Å². The number of ether oxygens (including phenoxy) is 1. The summed E-state index contributed by atoms with van der Waals surface area (Å²) in [6.07, 6.45) is 5.16. The number of piperidine rings is 1. The number of ketones is 1. The van der Waals surface area contributed by atoms with Crippen LogP contribution in [-0.2, 0) is 32.0 Å². The number of aromatic amines is 1. The van der Waals surface area contributed by atoms with Crippen LogP contribution in [0, 0.1) is 5.92 Å². The van der Waals surface area contributed by atoms with Crippen LogP contribution in [-0.4, -0.2) is 92.2 Å². The molecule has 0 unspecified atom stereocenters. The number of carbonyl (C=O) groups excluding carboxylic acids is 3. The van der Waals surface area contributed by atoms with Crippen LogP contribution in [0.15, 0.2) is 54.7 Å². The number of Topliss-reactive ketones (excluding diaryl/α,β-unsaturated/α-hetero) is 1. The number of H-pyrrole nitrogens is 1. The van der Waals surface area contributed by atoms with Crippen LogP contribution < -0.4 is 0 Å². The van der Waals surface area contributed by atoms with Crippen molar-refractivity contribution in [3.63, 3.8) is 0 Å². The molecular formula is C34H38N4O5. The van der Waals surface area contributed by atoms with Crippen molar-refractivity contribution < 1.29 is 24.2 Å². The third-order valence-electron chi connectivity index (χ3n) is 10.9. The van der Waals surface area contributed by atoms with Gasteiger partial charge in [-0.15, -0.1) is 0 Å². The fourth-order valence-corrected chi connectivity index (χ4v) is 8.92. The van der Waals surface area contributed by atoms with E-state index in [9.17, 15) is 19.5 Å². The highest BCUT2D eigenvalue weighted by Crippen LogP contribution is 2.49. The Hall–Kier alpha value is -3.53. The van der Waals surface area contributed by atoms with Crippen LogP contribution in [0.4, 0.5) is 0 Å². The molecule has 224 valence electrons. The molecule has 0 saturated carbocycles. The quantitative estimate of drug-likeness (QED) is 0.479. The average Bonchev–Trinajstić information content (AvgIpc) is 3.70. The molecule has 9 heteroatoms. The van der Waals surface area contributed by atoms with Gasteiger partial charge in [0.2, 0.25) is 5.91 Å². The Morgan fingerprint density at radius 1 is 1.14 bits per heavy atom. The lowest BCUT2D eigenvalue weighted by atomic mass is 9.71. The third kappa shape index (κ3) is 3.90. The first kappa shape index (κ1) is 27.0. The van der Waals surface area contributed by atoms with Crippen molar-refractivity contribution in [2.75, 3.05) is 20.1 Å². The highest BCUT2D eigenvalue weighted by atomic mass is 16.7. The van der Waals surface area contributed by atoms with Crippen molar-refractivity contribution in [3.05, 3.63) is 71.4 Å². The normalized spacial score (nSPS) is 35.3. The number of aliphatic hydroxyl groups is 1. The molecule has 4 fully saturated rings. The van der Waals surface area contributed by atoms with Crippen molar-refractivity contribution in [2.24, 2.45) is 5.92 Å².